The van der Waals surface area contributed by atoms with E-state index in [4.69, 9.17) is 0 Å². The molecule has 0 amide bonds. The second-order valence-electron chi connectivity index (χ2n) is 5.53. The first-order chi connectivity index (χ1) is 9.71. The lowest BCUT2D eigenvalue weighted by molar-refractivity contribution is -0.150. The fourth-order valence-electron chi connectivity index (χ4n) is 3.05. The molecule has 1 aromatic carbocycles. The lowest BCUT2D eigenvalue weighted by Crippen LogP contribution is -2.47. The summed E-state index contributed by atoms with van der Waals surface area (Å²) in [6.07, 6.45) is 3.92. The number of carbonyl (C=O) groups is 1. The summed E-state index contributed by atoms with van der Waals surface area (Å²) in [6.45, 7) is 1.44. The number of carboxylic acids is 1. The Bertz CT molecular complexity index is 628. The third kappa shape index (κ3) is 2.27. The SMILES string of the molecule is O=C(O)C1(Cc2cccc3cccnc23)CCCNC1. The van der Waals surface area contributed by atoms with Crippen LogP contribution in [0.25, 0.3) is 10.9 Å². The molecule has 1 aromatic heterocycles. The highest BCUT2D eigenvalue weighted by atomic mass is 16.4. The van der Waals surface area contributed by atoms with Gasteiger partial charge in [-0.3, -0.25) is 9.78 Å². The number of benzene rings is 1. The highest BCUT2D eigenvalue weighted by Gasteiger charge is 2.40. The second-order valence-corrected chi connectivity index (χ2v) is 5.53. The van der Waals surface area contributed by atoms with Crippen molar-refractivity contribution in [2.24, 2.45) is 5.41 Å². The summed E-state index contributed by atoms with van der Waals surface area (Å²) in [6, 6.07) is 9.90. The van der Waals surface area contributed by atoms with E-state index in [1.54, 1.807) is 6.20 Å². The number of para-hydroxylation sites is 1. The number of nitrogens with one attached hydrogen (secondary N) is 1. The van der Waals surface area contributed by atoms with Gasteiger partial charge >= 0.3 is 5.97 Å². The molecule has 0 radical (unpaired) electrons. The monoisotopic (exact) mass is 270 g/mol. The summed E-state index contributed by atoms with van der Waals surface area (Å²) in [7, 11) is 0. The number of fused-ring (bicyclic) bond motifs is 1. The van der Waals surface area contributed by atoms with Crippen molar-refractivity contribution in [1.82, 2.24) is 10.3 Å². The Kier molecular flexibility index (Phi) is 3.40. The first kappa shape index (κ1) is 13.1. The molecule has 2 N–H and O–H groups in total. The van der Waals surface area contributed by atoms with Crippen LogP contribution < -0.4 is 5.32 Å². The van der Waals surface area contributed by atoms with Crippen LogP contribution in [0.3, 0.4) is 0 Å². The number of rotatable bonds is 3. The van der Waals surface area contributed by atoms with Crippen LogP contribution in [0.1, 0.15) is 18.4 Å². The van der Waals surface area contributed by atoms with Gasteiger partial charge < -0.3 is 10.4 Å². The molecule has 20 heavy (non-hydrogen) atoms. The van der Waals surface area contributed by atoms with E-state index in [0.29, 0.717) is 13.0 Å². The lowest BCUT2D eigenvalue weighted by atomic mass is 9.75. The molecular formula is C16H18N2O2. The Morgan fingerprint density at radius 2 is 2.20 bits per heavy atom. The highest BCUT2D eigenvalue weighted by molar-refractivity contribution is 5.83. The normalized spacial score (nSPS) is 22.8. The topological polar surface area (TPSA) is 62.2 Å². The van der Waals surface area contributed by atoms with E-state index in [2.05, 4.69) is 10.3 Å². The molecule has 0 bridgehead atoms. The van der Waals surface area contributed by atoms with Crippen molar-refractivity contribution >= 4 is 16.9 Å². The molecule has 1 aliphatic rings. The van der Waals surface area contributed by atoms with Gasteiger partial charge in [0.2, 0.25) is 0 Å². The molecule has 4 nitrogen and oxygen atoms in total. The van der Waals surface area contributed by atoms with Crippen LogP contribution in [0.15, 0.2) is 36.5 Å². The molecular weight excluding hydrogens is 252 g/mol. The summed E-state index contributed by atoms with van der Waals surface area (Å²) in [5.74, 6) is -0.711. The molecule has 2 aromatic rings. The first-order valence-corrected chi connectivity index (χ1v) is 6.98. The summed E-state index contributed by atoms with van der Waals surface area (Å²) < 4.78 is 0. The van der Waals surface area contributed by atoms with Gasteiger partial charge in [0.05, 0.1) is 10.9 Å². The summed E-state index contributed by atoms with van der Waals surface area (Å²) in [4.78, 5) is 16.2. The van der Waals surface area contributed by atoms with E-state index < -0.39 is 11.4 Å². The van der Waals surface area contributed by atoms with Gasteiger partial charge in [0, 0.05) is 18.1 Å². The molecule has 1 aliphatic heterocycles. The minimum absolute atomic E-state index is 0.531. The standard InChI is InChI=1S/C16H18N2O2/c19-15(20)16(7-3-8-17-11-16)10-13-5-1-4-12-6-2-9-18-14(12)13/h1-2,4-6,9,17H,3,7-8,10-11H2,(H,19,20). The van der Waals surface area contributed by atoms with Gasteiger partial charge in [0.1, 0.15) is 0 Å². The third-order valence-corrected chi connectivity index (χ3v) is 4.17. The maximum atomic E-state index is 11.8. The summed E-state index contributed by atoms with van der Waals surface area (Å²) in [5, 5.41) is 13.9. The zero-order valence-electron chi connectivity index (χ0n) is 11.3. The summed E-state index contributed by atoms with van der Waals surface area (Å²) in [5.41, 5.74) is 1.24. The smallest absolute Gasteiger partial charge is 0.311 e. The Balaban J connectivity index is 2.00. The van der Waals surface area contributed by atoms with E-state index >= 15 is 0 Å². The molecule has 1 fully saturated rings. The van der Waals surface area contributed by atoms with E-state index in [-0.39, 0.29) is 0 Å². The van der Waals surface area contributed by atoms with E-state index in [1.165, 1.54) is 0 Å². The largest absolute Gasteiger partial charge is 0.481 e. The molecule has 1 saturated heterocycles. The van der Waals surface area contributed by atoms with Gasteiger partial charge in [-0.05, 0) is 37.4 Å². The molecule has 0 aliphatic carbocycles. The van der Waals surface area contributed by atoms with Gasteiger partial charge in [-0.15, -0.1) is 0 Å². The minimum atomic E-state index is -0.711. The van der Waals surface area contributed by atoms with Gasteiger partial charge in [-0.1, -0.05) is 24.3 Å². The number of piperidine rings is 1. The maximum absolute atomic E-state index is 11.8. The van der Waals surface area contributed by atoms with Crippen LogP contribution in [0.5, 0.6) is 0 Å². The van der Waals surface area contributed by atoms with Crippen molar-refractivity contribution < 1.29 is 9.90 Å². The van der Waals surface area contributed by atoms with Gasteiger partial charge in [0.25, 0.3) is 0 Å². The Morgan fingerprint density at radius 3 is 2.95 bits per heavy atom. The predicted molar refractivity (Wildman–Crippen MR) is 77.6 cm³/mol. The van der Waals surface area contributed by atoms with E-state index in [9.17, 15) is 9.90 Å². The summed E-state index contributed by atoms with van der Waals surface area (Å²) >= 11 is 0. The molecule has 2 heterocycles. The van der Waals surface area contributed by atoms with Crippen LogP contribution in [0.4, 0.5) is 0 Å². The number of hydrogen-bond donors (Lipinski definition) is 2. The fraction of sp³-hybridized carbons (Fsp3) is 0.375. The molecule has 104 valence electrons. The molecule has 3 rings (SSSR count). The Labute approximate surface area is 117 Å². The van der Waals surface area contributed by atoms with E-state index in [1.807, 2.05) is 30.3 Å². The van der Waals surface area contributed by atoms with Crippen molar-refractivity contribution in [2.75, 3.05) is 13.1 Å². The number of pyridine rings is 1. The van der Waals surface area contributed by atoms with Crippen molar-refractivity contribution in [3.63, 3.8) is 0 Å². The molecule has 4 heteroatoms. The molecule has 1 atom stereocenters. The Hall–Kier alpha value is -1.94. The van der Waals surface area contributed by atoms with Crippen LogP contribution in [-0.2, 0) is 11.2 Å². The number of carboxylic acid groups (broad SMARTS) is 1. The van der Waals surface area contributed by atoms with Gasteiger partial charge in [0.15, 0.2) is 0 Å². The maximum Gasteiger partial charge on any atom is 0.311 e. The van der Waals surface area contributed by atoms with E-state index in [0.717, 1.165) is 35.9 Å². The second kappa shape index (κ2) is 5.21. The van der Waals surface area contributed by atoms with Gasteiger partial charge in [-0.2, -0.15) is 0 Å². The van der Waals surface area contributed by atoms with Crippen molar-refractivity contribution in [1.29, 1.82) is 0 Å². The molecule has 1 unspecified atom stereocenters. The number of aliphatic carboxylic acids is 1. The quantitative estimate of drug-likeness (QED) is 0.898. The lowest BCUT2D eigenvalue weighted by Gasteiger charge is -2.34. The third-order valence-electron chi connectivity index (χ3n) is 4.17. The molecule has 0 spiro atoms. The van der Waals surface area contributed by atoms with Crippen LogP contribution >= 0.6 is 0 Å². The van der Waals surface area contributed by atoms with Crippen molar-refractivity contribution in [3.05, 3.63) is 42.1 Å². The predicted octanol–water partition coefficient (Wildman–Crippen LogP) is 2.23. The van der Waals surface area contributed by atoms with Crippen LogP contribution in [0, 0.1) is 5.41 Å². The first-order valence-electron chi connectivity index (χ1n) is 6.98. The van der Waals surface area contributed by atoms with Crippen molar-refractivity contribution in [3.8, 4) is 0 Å². The zero-order chi connectivity index (χ0) is 14.0. The fourth-order valence-corrected chi connectivity index (χ4v) is 3.05. The molecule has 0 saturated carbocycles. The number of aromatic nitrogens is 1. The average Bonchev–Trinajstić information content (AvgIpc) is 2.48. The van der Waals surface area contributed by atoms with Crippen LogP contribution in [0.2, 0.25) is 0 Å². The number of hydrogen-bond acceptors (Lipinski definition) is 3. The highest BCUT2D eigenvalue weighted by Crippen LogP contribution is 2.32. The van der Waals surface area contributed by atoms with Crippen molar-refractivity contribution in [2.45, 2.75) is 19.3 Å². The Morgan fingerprint density at radius 1 is 1.35 bits per heavy atom. The average molecular weight is 270 g/mol. The number of nitrogens with zero attached hydrogens (tertiary/aromatic N) is 1. The van der Waals surface area contributed by atoms with Crippen LogP contribution in [-0.4, -0.2) is 29.1 Å². The zero-order valence-corrected chi connectivity index (χ0v) is 11.3. The van der Waals surface area contributed by atoms with Gasteiger partial charge in [-0.25, -0.2) is 0 Å². The minimum Gasteiger partial charge on any atom is -0.481 e.